The van der Waals surface area contributed by atoms with Gasteiger partial charge in [0.25, 0.3) is 0 Å². The summed E-state index contributed by atoms with van der Waals surface area (Å²) in [6, 6.07) is -0.493. The van der Waals surface area contributed by atoms with Gasteiger partial charge < -0.3 is 11.1 Å². The third-order valence-corrected chi connectivity index (χ3v) is 1.31. The molecule has 0 bridgehead atoms. The monoisotopic (exact) mass is 169 g/mol. The Bertz CT molecular complexity index is 242. The van der Waals surface area contributed by atoms with E-state index in [4.69, 9.17) is 5.73 Å². The molecule has 1 aromatic heterocycles. The van der Waals surface area contributed by atoms with Crippen LogP contribution in [0.25, 0.3) is 0 Å². The Morgan fingerprint density at radius 3 is 3.17 bits per heavy atom. The molecule has 0 saturated carbocycles. The lowest BCUT2D eigenvalue weighted by Crippen LogP contribution is -2.38. The lowest BCUT2D eigenvalue weighted by Gasteiger charge is -2.04. The number of nitrogens with one attached hydrogen (secondary N) is 2. The van der Waals surface area contributed by atoms with Crippen LogP contribution >= 0.6 is 0 Å². The normalized spacial score (nSPS) is 12.5. The highest BCUT2D eigenvalue weighted by Crippen LogP contribution is 1.84. The molecule has 0 aliphatic carbocycles. The smallest absolute Gasteiger partial charge is 0.237 e. The third kappa shape index (κ3) is 2.31. The van der Waals surface area contributed by atoms with Gasteiger partial charge in [-0.15, -0.1) is 0 Å². The molecule has 4 N–H and O–H groups in total. The minimum Gasteiger partial charge on any atom is -0.347 e. The van der Waals surface area contributed by atoms with Crippen molar-refractivity contribution in [2.24, 2.45) is 5.73 Å². The van der Waals surface area contributed by atoms with Gasteiger partial charge in [-0.2, -0.15) is 5.10 Å². The maximum Gasteiger partial charge on any atom is 0.237 e. The fourth-order valence-electron chi connectivity index (χ4n) is 0.648. The van der Waals surface area contributed by atoms with Crippen molar-refractivity contribution in [1.82, 2.24) is 20.5 Å². The number of nitrogens with two attached hydrogens (primary N) is 1. The van der Waals surface area contributed by atoms with Crippen molar-refractivity contribution in [2.45, 2.75) is 19.5 Å². The molecule has 0 spiro atoms. The second-order valence-corrected chi connectivity index (χ2v) is 2.44. The molecular formula is C6H11N5O. The Morgan fingerprint density at radius 2 is 2.67 bits per heavy atom. The molecule has 0 radical (unpaired) electrons. The Morgan fingerprint density at radius 1 is 1.92 bits per heavy atom. The predicted molar refractivity (Wildman–Crippen MR) is 41.9 cm³/mol. The van der Waals surface area contributed by atoms with E-state index in [0.29, 0.717) is 12.4 Å². The van der Waals surface area contributed by atoms with Crippen molar-refractivity contribution < 1.29 is 4.79 Å². The quantitative estimate of drug-likeness (QED) is 0.527. The summed E-state index contributed by atoms with van der Waals surface area (Å²) in [5.41, 5.74) is 5.32. The SMILES string of the molecule is CC(N)C(=O)NCc1ncn[nH]1. The zero-order valence-corrected chi connectivity index (χ0v) is 6.74. The number of hydrogen-bond donors (Lipinski definition) is 3. The first-order valence-corrected chi connectivity index (χ1v) is 3.57. The number of carbonyl (C=O) groups excluding carboxylic acids is 1. The fraction of sp³-hybridized carbons (Fsp3) is 0.500. The van der Waals surface area contributed by atoms with Crippen LogP contribution in [0.5, 0.6) is 0 Å². The molecule has 1 aromatic rings. The number of H-pyrrole nitrogens is 1. The molecule has 0 aromatic carbocycles. The Labute approximate surface area is 69.6 Å². The summed E-state index contributed by atoms with van der Waals surface area (Å²) in [7, 11) is 0. The highest BCUT2D eigenvalue weighted by atomic mass is 16.2. The molecule has 0 saturated heterocycles. The van der Waals surface area contributed by atoms with Crippen LogP contribution in [0.4, 0.5) is 0 Å². The Balaban J connectivity index is 2.32. The van der Waals surface area contributed by atoms with Crippen molar-refractivity contribution >= 4 is 5.91 Å². The van der Waals surface area contributed by atoms with E-state index in [1.165, 1.54) is 6.33 Å². The van der Waals surface area contributed by atoms with E-state index in [1.54, 1.807) is 6.92 Å². The van der Waals surface area contributed by atoms with Crippen LogP contribution in [0.2, 0.25) is 0 Å². The van der Waals surface area contributed by atoms with Crippen LogP contribution in [0.1, 0.15) is 12.7 Å². The molecule has 0 fully saturated rings. The van der Waals surface area contributed by atoms with E-state index in [9.17, 15) is 4.79 Å². The summed E-state index contributed by atoms with van der Waals surface area (Å²) >= 11 is 0. The maximum atomic E-state index is 10.9. The second-order valence-electron chi connectivity index (χ2n) is 2.44. The van der Waals surface area contributed by atoms with Gasteiger partial charge in [0.2, 0.25) is 5.91 Å². The highest BCUT2D eigenvalue weighted by Gasteiger charge is 2.06. The van der Waals surface area contributed by atoms with Crippen molar-refractivity contribution in [1.29, 1.82) is 0 Å². The number of nitrogens with zero attached hydrogens (tertiary/aromatic N) is 2. The molecule has 12 heavy (non-hydrogen) atoms. The molecule has 66 valence electrons. The molecule has 0 aliphatic rings. The predicted octanol–water partition coefficient (Wildman–Crippen LogP) is -1.23. The molecular weight excluding hydrogens is 158 g/mol. The number of aromatic nitrogens is 3. The van der Waals surface area contributed by atoms with Gasteiger partial charge in [-0.3, -0.25) is 9.89 Å². The first-order valence-electron chi connectivity index (χ1n) is 3.57. The maximum absolute atomic E-state index is 10.9. The first-order chi connectivity index (χ1) is 5.70. The standard InChI is InChI=1S/C6H11N5O/c1-4(7)6(12)8-2-5-9-3-10-11-5/h3-4H,2,7H2,1H3,(H,8,12)(H,9,10,11). The van der Waals surface area contributed by atoms with Gasteiger partial charge in [0.05, 0.1) is 12.6 Å². The summed E-state index contributed by atoms with van der Waals surface area (Å²) < 4.78 is 0. The summed E-state index contributed by atoms with van der Waals surface area (Å²) in [6.07, 6.45) is 1.38. The number of rotatable bonds is 3. The lowest BCUT2D eigenvalue weighted by atomic mass is 10.3. The van der Waals surface area contributed by atoms with E-state index in [1.807, 2.05) is 0 Å². The summed E-state index contributed by atoms with van der Waals surface area (Å²) in [6.45, 7) is 1.95. The highest BCUT2D eigenvalue weighted by molar-refractivity contribution is 5.80. The zero-order chi connectivity index (χ0) is 8.97. The van der Waals surface area contributed by atoms with Crippen LogP contribution in [0.15, 0.2) is 6.33 Å². The van der Waals surface area contributed by atoms with Crippen LogP contribution in [-0.4, -0.2) is 27.1 Å². The summed E-state index contributed by atoms with van der Waals surface area (Å²) in [5.74, 6) is 0.412. The zero-order valence-electron chi connectivity index (χ0n) is 6.74. The molecule has 1 amide bonds. The van der Waals surface area contributed by atoms with Crippen molar-refractivity contribution in [3.63, 3.8) is 0 Å². The Hall–Kier alpha value is -1.43. The van der Waals surface area contributed by atoms with Gasteiger partial charge in [-0.05, 0) is 6.92 Å². The minimum absolute atomic E-state index is 0.202. The van der Waals surface area contributed by atoms with Crippen LogP contribution in [0.3, 0.4) is 0 Å². The van der Waals surface area contributed by atoms with Crippen LogP contribution < -0.4 is 11.1 Å². The molecule has 1 rings (SSSR count). The van der Waals surface area contributed by atoms with E-state index < -0.39 is 6.04 Å². The van der Waals surface area contributed by atoms with Crippen molar-refractivity contribution in [3.05, 3.63) is 12.2 Å². The van der Waals surface area contributed by atoms with Crippen LogP contribution in [-0.2, 0) is 11.3 Å². The Kier molecular flexibility index (Phi) is 2.76. The van der Waals surface area contributed by atoms with Gasteiger partial charge in [-0.25, -0.2) is 4.98 Å². The second kappa shape index (κ2) is 3.82. The summed E-state index contributed by atoms with van der Waals surface area (Å²) in [5, 5.41) is 8.83. The van der Waals surface area contributed by atoms with E-state index in [2.05, 4.69) is 20.5 Å². The largest absolute Gasteiger partial charge is 0.347 e. The topological polar surface area (TPSA) is 96.7 Å². The van der Waals surface area contributed by atoms with Gasteiger partial charge in [-0.1, -0.05) is 0 Å². The van der Waals surface area contributed by atoms with Gasteiger partial charge >= 0.3 is 0 Å². The number of carbonyl (C=O) groups is 1. The molecule has 0 aliphatic heterocycles. The molecule has 6 nitrogen and oxygen atoms in total. The summed E-state index contributed by atoms with van der Waals surface area (Å²) in [4.78, 5) is 14.8. The number of aromatic amines is 1. The van der Waals surface area contributed by atoms with Gasteiger partial charge in [0.15, 0.2) is 0 Å². The van der Waals surface area contributed by atoms with Gasteiger partial charge in [0.1, 0.15) is 12.2 Å². The molecule has 1 atom stereocenters. The van der Waals surface area contributed by atoms with Crippen molar-refractivity contribution in [2.75, 3.05) is 0 Å². The van der Waals surface area contributed by atoms with E-state index in [0.717, 1.165) is 0 Å². The van der Waals surface area contributed by atoms with Gasteiger partial charge in [0, 0.05) is 0 Å². The van der Waals surface area contributed by atoms with E-state index in [-0.39, 0.29) is 5.91 Å². The number of hydrogen-bond acceptors (Lipinski definition) is 4. The minimum atomic E-state index is -0.493. The molecule has 1 unspecified atom stereocenters. The van der Waals surface area contributed by atoms with Crippen molar-refractivity contribution in [3.8, 4) is 0 Å². The molecule has 1 heterocycles. The molecule has 6 heteroatoms. The van der Waals surface area contributed by atoms with Crippen LogP contribution in [0, 0.1) is 0 Å². The lowest BCUT2D eigenvalue weighted by molar-refractivity contribution is -0.122. The van der Waals surface area contributed by atoms with E-state index >= 15 is 0 Å². The number of amides is 1. The average molecular weight is 169 g/mol. The fourth-order valence-corrected chi connectivity index (χ4v) is 0.648. The third-order valence-electron chi connectivity index (χ3n) is 1.31. The first kappa shape index (κ1) is 8.66. The average Bonchev–Trinajstić information content (AvgIpc) is 2.51.